The summed E-state index contributed by atoms with van der Waals surface area (Å²) in [5.41, 5.74) is 7.14. The minimum absolute atomic E-state index is 0.0176. The second kappa shape index (κ2) is 11.6. The van der Waals surface area contributed by atoms with Gasteiger partial charge in [0, 0.05) is 25.4 Å². The Labute approximate surface area is 204 Å². The summed E-state index contributed by atoms with van der Waals surface area (Å²) in [6, 6.07) is 0.810. The van der Waals surface area contributed by atoms with Crippen LogP contribution in [-0.2, 0) is 27.3 Å². The molecule has 0 aliphatic rings. The molecule has 1 heterocycles. The number of phenolic OH excluding ortho intramolecular Hbond substituents is 1. The fraction of sp³-hybridized carbons (Fsp3) is 0.500. The van der Waals surface area contributed by atoms with Crippen molar-refractivity contribution in [2.75, 3.05) is 5.73 Å². The summed E-state index contributed by atoms with van der Waals surface area (Å²) >= 11 is 0. The molecule has 11 nitrogen and oxygen atoms in total. The molecular weight excluding hydrogens is 454 g/mol. The Morgan fingerprint density at radius 1 is 1.14 bits per heavy atom. The van der Waals surface area contributed by atoms with Crippen LogP contribution in [0, 0.1) is 13.8 Å². The van der Waals surface area contributed by atoms with Crippen molar-refractivity contribution in [1.29, 1.82) is 0 Å². The first-order valence-corrected chi connectivity index (χ1v) is 11.3. The second-order valence-corrected chi connectivity index (χ2v) is 9.48. The molecule has 0 saturated carbocycles. The van der Waals surface area contributed by atoms with E-state index in [0.717, 1.165) is 0 Å². The van der Waals surface area contributed by atoms with Crippen LogP contribution in [0.1, 0.15) is 50.3 Å². The fourth-order valence-electron chi connectivity index (χ4n) is 3.68. The van der Waals surface area contributed by atoms with Gasteiger partial charge in [-0.1, -0.05) is 0 Å². The molecule has 2 unspecified atom stereocenters. The first kappa shape index (κ1) is 27.5. The van der Waals surface area contributed by atoms with E-state index in [9.17, 15) is 24.6 Å². The highest BCUT2D eigenvalue weighted by Gasteiger charge is 2.29. The van der Waals surface area contributed by atoms with Crippen molar-refractivity contribution in [3.8, 4) is 5.75 Å². The van der Waals surface area contributed by atoms with Gasteiger partial charge < -0.3 is 35.9 Å². The van der Waals surface area contributed by atoms with Crippen molar-refractivity contribution in [2.45, 2.75) is 78.1 Å². The van der Waals surface area contributed by atoms with Crippen molar-refractivity contribution in [3.05, 3.63) is 41.2 Å². The molecule has 0 radical (unpaired) electrons. The number of carboxylic acid groups (broad SMARTS) is 1. The minimum Gasteiger partial charge on any atom is -0.508 e. The number of phenols is 1. The number of benzene rings is 1. The van der Waals surface area contributed by atoms with Gasteiger partial charge in [-0.05, 0) is 76.3 Å². The molecular formula is C24H35N5O6. The average Bonchev–Trinajstić information content (AvgIpc) is 3.12. The van der Waals surface area contributed by atoms with Gasteiger partial charge in [0.25, 0.3) is 0 Å². The van der Waals surface area contributed by atoms with Gasteiger partial charge in [0.1, 0.15) is 23.4 Å². The number of nitrogen functional groups attached to an aromatic ring is 1. The van der Waals surface area contributed by atoms with Crippen LogP contribution in [0.25, 0.3) is 0 Å². The highest BCUT2D eigenvalue weighted by Crippen LogP contribution is 2.22. The van der Waals surface area contributed by atoms with E-state index in [1.165, 1.54) is 12.1 Å². The van der Waals surface area contributed by atoms with Crippen molar-refractivity contribution < 1.29 is 29.3 Å². The number of nitrogens with two attached hydrogens (primary N) is 1. The lowest BCUT2D eigenvalue weighted by Crippen LogP contribution is -2.53. The van der Waals surface area contributed by atoms with Crippen molar-refractivity contribution in [1.82, 2.24) is 20.2 Å². The summed E-state index contributed by atoms with van der Waals surface area (Å²) in [6.45, 7) is 9.08. The smallest absolute Gasteiger partial charge is 0.408 e. The highest BCUT2D eigenvalue weighted by molar-refractivity contribution is 5.89. The number of hydrogen-bond donors (Lipinski definition) is 5. The van der Waals surface area contributed by atoms with Crippen molar-refractivity contribution in [2.24, 2.45) is 0 Å². The fourth-order valence-corrected chi connectivity index (χ4v) is 3.68. The molecule has 192 valence electrons. The molecule has 2 atom stereocenters. The molecule has 0 aliphatic carbocycles. The van der Waals surface area contributed by atoms with Crippen LogP contribution in [0.3, 0.4) is 0 Å². The Balaban J connectivity index is 2.15. The molecule has 0 spiro atoms. The maximum atomic E-state index is 13.1. The molecule has 2 rings (SSSR count). The van der Waals surface area contributed by atoms with Gasteiger partial charge in [-0.3, -0.25) is 4.79 Å². The van der Waals surface area contributed by atoms with Crippen LogP contribution >= 0.6 is 0 Å². The molecule has 0 aliphatic heterocycles. The molecule has 11 heteroatoms. The molecule has 2 aromatic rings. The van der Waals surface area contributed by atoms with Crippen LogP contribution < -0.4 is 16.4 Å². The monoisotopic (exact) mass is 489 g/mol. The maximum absolute atomic E-state index is 13.1. The number of amides is 2. The van der Waals surface area contributed by atoms with E-state index in [2.05, 4.69) is 15.6 Å². The summed E-state index contributed by atoms with van der Waals surface area (Å²) in [5, 5.41) is 24.6. The van der Waals surface area contributed by atoms with Gasteiger partial charge in [-0.15, -0.1) is 0 Å². The number of aliphatic carboxylic acids is 1. The number of rotatable bonds is 10. The standard InChI is InChI=1S/C24H35N5O6/c1-14-11-16(30)12-15(2)17(14)13-19(21(32)33)27-20(31)18(28-23(34)35-24(3,4)5)7-6-9-29-10-8-26-22(29)25/h8,10-12,18-19,30H,6-7,9,13H2,1-5H3,(H2,25,26)(H,27,31)(H,28,34)(H,32,33). The first-order chi connectivity index (χ1) is 16.3. The normalized spacial score (nSPS) is 13.1. The van der Waals surface area contributed by atoms with Crippen molar-refractivity contribution >= 4 is 23.9 Å². The molecule has 0 fully saturated rings. The average molecular weight is 490 g/mol. The number of anilines is 1. The lowest BCUT2D eigenvalue weighted by molar-refractivity contribution is -0.142. The first-order valence-electron chi connectivity index (χ1n) is 11.3. The second-order valence-electron chi connectivity index (χ2n) is 9.48. The van der Waals surface area contributed by atoms with Crippen LogP contribution in [0.2, 0.25) is 0 Å². The number of nitrogens with one attached hydrogen (secondary N) is 2. The Kier molecular flexibility index (Phi) is 9.10. The Hall–Kier alpha value is -3.76. The van der Waals surface area contributed by atoms with Crippen molar-refractivity contribution in [3.63, 3.8) is 0 Å². The summed E-state index contributed by atoms with van der Waals surface area (Å²) in [5.74, 6) is -1.44. The molecule has 0 saturated heterocycles. The van der Waals surface area contributed by atoms with Crippen LogP contribution in [-0.4, -0.2) is 55.4 Å². The molecule has 35 heavy (non-hydrogen) atoms. The number of alkyl carbamates (subject to hydrolysis) is 1. The number of carbonyl (C=O) groups excluding carboxylic acids is 2. The zero-order valence-corrected chi connectivity index (χ0v) is 20.8. The highest BCUT2D eigenvalue weighted by atomic mass is 16.6. The largest absolute Gasteiger partial charge is 0.508 e. The third-order valence-corrected chi connectivity index (χ3v) is 5.35. The summed E-state index contributed by atoms with van der Waals surface area (Å²) < 4.78 is 6.98. The summed E-state index contributed by atoms with van der Waals surface area (Å²) in [4.78, 5) is 41.4. The summed E-state index contributed by atoms with van der Waals surface area (Å²) in [7, 11) is 0. The SMILES string of the molecule is Cc1cc(O)cc(C)c1CC(NC(=O)C(CCCn1ccnc1N)NC(=O)OC(C)(C)C)C(=O)O. The Morgan fingerprint density at radius 2 is 1.77 bits per heavy atom. The van der Waals surface area contributed by atoms with E-state index in [4.69, 9.17) is 10.5 Å². The van der Waals surface area contributed by atoms with Gasteiger partial charge in [0.2, 0.25) is 5.91 Å². The predicted octanol–water partition coefficient (Wildman–Crippen LogP) is 2.27. The molecule has 6 N–H and O–H groups in total. The van der Waals surface area contributed by atoms with E-state index in [1.807, 2.05) is 0 Å². The Bertz CT molecular complexity index is 1040. The van der Waals surface area contributed by atoms with Crippen LogP contribution in [0.5, 0.6) is 5.75 Å². The van der Waals surface area contributed by atoms with E-state index in [0.29, 0.717) is 35.6 Å². The van der Waals surface area contributed by atoms with Crippen LogP contribution in [0.15, 0.2) is 24.5 Å². The number of carbonyl (C=O) groups is 3. The number of aromatic hydroxyl groups is 1. The van der Waals surface area contributed by atoms with E-state index < -0.39 is 35.7 Å². The van der Waals surface area contributed by atoms with Gasteiger partial charge >= 0.3 is 12.1 Å². The molecule has 2 amide bonds. The zero-order valence-electron chi connectivity index (χ0n) is 20.8. The van der Waals surface area contributed by atoms with Gasteiger partial charge in [-0.2, -0.15) is 0 Å². The number of imidazole rings is 1. The molecule has 0 bridgehead atoms. The van der Waals surface area contributed by atoms with Gasteiger partial charge in [0.05, 0.1) is 0 Å². The van der Waals surface area contributed by atoms with Gasteiger partial charge in [-0.25, -0.2) is 14.6 Å². The zero-order chi connectivity index (χ0) is 26.3. The third-order valence-electron chi connectivity index (χ3n) is 5.35. The Morgan fingerprint density at radius 3 is 2.29 bits per heavy atom. The molecule has 1 aromatic heterocycles. The lowest BCUT2D eigenvalue weighted by atomic mass is 9.95. The summed E-state index contributed by atoms with van der Waals surface area (Å²) in [6.07, 6.45) is 3.17. The van der Waals surface area contributed by atoms with Gasteiger partial charge in [0.15, 0.2) is 5.95 Å². The lowest BCUT2D eigenvalue weighted by Gasteiger charge is -2.25. The van der Waals surface area contributed by atoms with Crippen LogP contribution in [0.4, 0.5) is 10.7 Å². The molecule has 1 aromatic carbocycles. The number of aromatic nitrogens is 2. The quantitative estimate of drug-likeness (QED) is 0.338. The number of aryl methyl sites for hydroxylation is 3. The number of nitrogens with zero attached hydrogens (tertiary/aromatic N) is 2. The maximum Gasteiger partial charge on any atom is 0.408 e. The third kappa shape index (κ3) is 8.51. The number of carboxylic acids is 1. The van der Waals surface area contributed by atoms with E-state index in [-0.39, 0.29) is 18.6 Å². The number of ether oxygens (including phenoxy) is 1. The van der Waals surface area contributed by atoms with E-state index in [1.54, 1.807) is 51.6 Å². The predicted molar refractivity (Wildman–Crippen MR) is 130 cm³/mol. The van der Waals surface area contributed by atoms with E-state index >= 15 is 0 Å². The topological polar surface area (TPSA) is 169 Å². The minimum atomic E-state index is -1.24. The number of hydrogen-bond acceptors (Lipinski definition) is 7.